The van der Waals surface area contributed by atoms with Crippen LogP contribution in [0.25, 0.3) is 0 Å². The molecule has 0 fully saturated rings. The van der Waals surface area contributed by atoms with E-state index in [9.17, 15) is 22.8 Å². The zero-order valence-corrected chi connectivity index (χ0v) is 12.4. The fourth-order valence-electron chi connectivity index (χ4n) is 1.88. The zero-order valence-electron chi connectivity index (χ0n) is 12.4. The summed E-state index contributed by atoms with van der Waals surface area (Å²) in [5.41, 5.74) is 0.486. The molecule has 2 aromatic carbocycles. The third kappa shape index (κ3) is 4.48. The molecule has 5 nitrogen and oxygen atoms in total. The molecule has 0 aromatic heterocycles. The smallest absolute Gasteiger partial charge is 0.465 e. The Kier molecular flexibility index (Phi) is 5.08. The lowest BCUT2D eigenvalue weighted by Crippen LogP contribution is -2.17. The number of esters is 1. The molecule has 2 aromatic rings. The predicted octanol–water partition coefficient (Wildman–Crippen LogP) is 3.62. The second kappa shape index (κ2) is 7.03. The summed E-state index contributed by atoms with van der Waals surface area (Å²) >= 11 is 0. The minimum atomic E-state index is -4.80. The van der Waals surface area contributed by atoms with Gasteiger partial charge in [0.05, 0.1) is 18.4 Å². The van der Waals surface area contributed by atoms with Crippen LogP contribution in [-0.4, -0.2) is 25.3 Å². The maximum atomic E-state index is 12.1. The number of carbonyl (C=O) groups excluding carboxylic acids is 2. The summed E-state index contributed by atoms with van der Waals surface area (Å²) in [6, 6.07) is 10.6. The van der Waals surface area contributed by atoms with Crippen LogP contribution in [-0.2, 0) is 4.74 Å². The Morgan fingerprint density at radius 1 is 1.00 bits per heavy atom. The molecule has 126 valence electrons. The summed E-state index contributed by atoms with van der Waals surface area (Å²) in [5.74, 6) is -1.65. The molecular formula is C16H12F3NO4. The SMILES string of the molecule is COC(=O)c1ccccc1NC(=O)c1ccc(OC(F)(F)F)cc1. The molecule has 0 aliphatic carbocycles. The van der Waals surface area contributed by atoms with Gasteiger partial charge < -0.3 is 14.8 Å². The Balaban J connectivity index is 2.15. The average Bonchev–Trinajstić information content (AvgIpc) is 2.53. The number of alkyl halides is 3. The summed E-state index contributed by atoms with van der Waals surface area (Å²) in [7, 11) is 1.21. The van der Waals surface area contributed by atoms with E-state index in [1.165, 1.54) is 31.4 Å². The summed E-state index contributed by atoms with van der Waals surface area (Å²) in [4.78, 5) is 23.8. The van der Waals surface area contributed by atoms with Crippen molar-refractivity contribution in [2.75, 3.05) is 12.4 Å². The highest BCUT2D eigenvalue weighted by Gasteiger charge is 2.31. The van der Waals surface area contributed by atoms with Crippen molar-refractivity contribution in [2.45, 2.75) is 6.36 Å². The van der Waals surface area contributed by atoms with Crippen molar-refractivity contribution in [1.82, 2.24) is 0 Å². The Morgan fingerprint density at radius 3 is 2.21 bits per heavy atom. The van der Waals surface area contributed by atoms with Gasteiger partial charge in [0.1, 0.15) is 5.75 Å². The number of methoxy groups -OCH3 is 1. The number of hydrogen-bond donors (Lipinski definition) is 1. The minimum absolute atomic E-state index is 0.101. The van der Waals surface area contributed by atoms with E-state index in [0.29, 0.717) is 0 Å². The third-order valence-electron chi connectivity index (χ3n) is 2.93. The standard InChI is InChI=1S/C16H12F3NO4/c1-23-15(22)12-4-2-3-5-13(12)20-14(21)10-6-8-11(9-7-10)24-16(17,18)19/h2-9H,1H3,(H,20,21). The fourth-order valence-corrected chi connectivity index (χ4v) is 1.88. The van der Waals surface area contributed by atoms with E-state index < -0.39 is 24.0 Å². The lowest BCUT2D eigenvalue weighted by molar-refractivity contribution is -0.274. The van der Waals surface area contributed by atoms with Gasteiger partial charge in [-0.15, -0.1) is 13.2 Å². The molecule has 8 heteroatoms. The summed E-state index contributed by atoms with van der Waals surface area (Å²) in [6.45, 7) is 0. The van der Waals surface area contributed by atoms with Crippen LogP contribution in [0.15, 0.2) is 48.5 Å². The lowest BCUT2D eigenvalue weighted by atomic mass is 10.1. The van der Waals surface area contributed by atoms with Gasteiger partial charge in [-0.1, -0.05) is 12.1 Å². The number of rotatable bonds is 4. The van der Waals surface area contributed by atoms with Crippen LogP contribution in [0.4, 0.5) is 18.9 Å². The van der Waals surface area contributed by atoms with Gasteiger partial charge in [-0.05, 0) is 36.4 Å². The highest BCUT2D eigenvalue weighted by molar-refractivity contribution is 6.08. The number of hydrogen-bond acceptors (Lipinski definition) is 4. The zero-order chi connectivity index (χ0) is 17.7. The molecule has 24 heavy (non-hydrogen) atoms. The van der Waals surface area contributed by atoms with E-state index >= 15 is 0 Å². The topological polar surface area (TPSA) is 64.6 Å². The fraction of sp³-hybridized carbons (Fsp3) is 0.125. The molecule has 0 heterocycles. The third-order valence-corrected chi connectivity index (χ3v) is 2.93. The largest absolute Gasteiger partial charge is 0.573 e. The molecule has 1 N–H and O–H groups in total. The number of carbonyl (C=O) groups is 2. The maximum absolute atomic E-state index is 12.1. The van der Waals surface area contributed by atoms with Crippen molar-refractivity contribution in [3.8, 4) is 5.75 Å². The molecule has 1 amide bonds. The first-order valence-electron chi connectivity index (χ1n) is 6.64. The molecule has 0 unspecified atom stereocenters. The van der Waals surface area contributed by atoms with Gasteiger partial charge in [0.25, 0.3) is 5.91 Å². The van der Waals surface area contributed by atoms with Crippen molar-refractivity contribution in [3.63, 3.8) is 0 Å². The second-order valence-electron chi connectivity index (χ2n) is 4.56. The monoisotopic (exact) mass is 339 g/mol. The van der Waals surface area contributed by atoms with Crippen LogP contribution in [0, 0.1) is 0 Å². The van der Waals surface area contributed by atoms with Crippen LogP contribution in [0.5, 0.6) is 5.75 Å². The first-order valence-corrected chi connectivity index (χ1v) is 6.64. The lowest BCUT2D eigenvalue weighted by Gasteiger charge is -2.11. The van der Waals surface area contributed by atoms with E-state index in [2.05, 4.69) is 14.8 Å². The molecule has 0 saturated heterocycles. The quantitative estimate of drug-likeness (QED) is 0.864. The molecule has 0 aliphatic heterocycles. The van der Waals surface area contributed by atoms with Gasteiger partial charge in [0, 0.05) is 5.56 Å². The number of ether oxygens (including phenoxy) is 2. The normalized spacial score (nSPS) is 10.8. The predicted molar refractivity (Wildman–Crippen MR) is 78.9 cm³/mol. The van der Waals surface area contributed by atoms with Crippen LogP contribution in [0.2, 0.25) is 0 Å². The number of para-hydroxylation sites is 1. The van der Waals surface area contributed by atoms with Gasteiger partial charge in [0.15, 0.2) is 0 Å². The summed E-state index contributed by atoms with van der Waals surface area (Å²) in [6.07, 6.45) is -4.80. The number of amides is 1. The van der Waals surface area contributed by atoms with Gasteiger partial charge in [0.2, 0.25) is 0 Å². The number of benzene rings is 2. The van der Waals surface area contributed by atoms with Crippen LogP contribution >= 0.6 is 0 Å². The summed E-state index contributed by atoms with van der Waals surface area (Å²) in [5, 5.41) is 2.51. The molecule has 0 radical (unpaired) electrons. The van der Waals surface area contributed by atoms with E-state index in [4.69, 9.17) is 0 Å². The highest BCUT2D eigenvalue weighted by Crippen LogP contribution is 2.23. The number of nitrogens with one attached hydrogen (secondary N) is 1. The van der Waals surface area contributed by atoms with Crippen molar-refractivity contribution >= 4 is 17.6 Å². The molecule has 0 saturated carbocycles. The Labute approximate surface area is 135 Å². The van der Waals surface area contributed by atoms with Crippen molar-refractivity contribution in [2.24, 2.45) is 0 Å². The average molecular weight is 339 g/mol. The Bertz CT molecular complexity index is 742. The molecule has 0 spiro atoms. The van der Waals surface area contributed by atoms with Crippen LogP contribution in [0.1, 0.15) is 20.7 Å². The van der Waals surface area contributed by atoms with Crippen molar-refractivity contribution in [3.05, 3.63) is 59.7 Å². The minimum Gasteiger partial charge on any atom is -0.465 e. The Hall–Kier alpha value is -3.03. The van der Waals surface area contributed by atoms with Gasteiger partial charge >= 0.3 is 12.3 Å². The maximum Gasteiger partial charge on any atom is 0.573 e. The van der Waals surface area contributed by atoms with Gasteiger partial charge in [-0.2, -0.15) is 0 Å². The van der Waals surface area contributed by atoms with E-state index in [1.807, 2.05) is 0 Å². The molecular weight excluding hydrogens is 327 g/mol. The van der Waals surface area contributed by atoms with Crippen molar-refractivity contribution < 1.29 is 32.2 Å². The van der Waals surface area contributed by atoms with E-state index in [0.717, 1.165) is 12.1 Å². The van der Waals surface area contributed by atoms with E-state index in [1.54, 1.807) is 12.1 Å². The number of anilines is 1. The highest BCUT2D eigenvalue weighted by atomic mass is 19.4. The van der Waals surface area contributed by atoms with Gasteiger partial charge in [-0.25, -0.2) is 4.79 Å². The van der Waals surface area contributed by atoms with Gasteiger partial charge in [-0.3, -0.25) is 4.79 Å². The molecule has 0 atom stereocenters. The molecule has 2 rings (SSSR count). The Morgan fingerprint density at radius 2 is 1.62 bits per heavy atom. The molecule has 0 bridgehead atoms. The molecule has 0 aliphatic rings. The number of halogens is 3. The van der Waals surface area contributed by atoms with Crippen LogP contribution < -0.4 is 10.1 Å². The van der Waals surface area contributed by atoms with E-state index in [-0.39, 0.29) is 16.8 Å². The van der Waals surface area contributed by atoms with Crippen LogP contribution in [0.3, 0.4) is 0 Å². The first kappa shape index (κ1) is 17.3. The first-order chi connectivity index (χ1) is 11.3. The van der Waals surface area contributed by atoms with Crippen molar-refractivity contribution in [1.29, 1.82) is 0 Å². The second-order valence-corrected chi connectivity index (χ2v) is 4.56. The summed E-state index contributed by atoms with van der Waals surface area (Å²) < 4.78 is 44.6.